The van der Waals surface area contributed by atoms with Gasteiger partial charge in [-0.3, -0.25) is 0 Å². The molecule has 4 aliphatic carbocycles. The van der Waals surface area contributed by atoms with Crippen LogP contribution in [-0.4, -0.2) is 120 Å². The van der Waals surface area contributed by atoms with Crippen molar-refractivity contribution in [3.05, 3.63) is 11.6 Å². The van der Waals surface area contributed by atoms with Gasteiger partial charge in [-0.15, -0.1) is 0 Å². The van der Waals surface area contributed by atoms with Crippen molar-refractivity contribution in [2.75, 3.05) is 13.2 Å². The highest BCUT2D eigenvalue weighted by molar-refractivity contribution is 5.67. The van der Waals surface area contributed by atoms with E-state index in [4.69, 9.17) is 33.2 Å². The molecule has 5 N–H and O–H groups in total. The summed E-state index contributed by atoms with van der Waals surface area (Å²) in [4.78, 5) is 13.3. The molecule has 0 aromatic carbocycles. The number of carbonyl (C=O) groups excluding carboxylic acids is 1. The summed E-state index contributed by atoms with van der Waals surface area (Å²) in [5, 5.41) is 45.9. The molecule has 7 rings (SSSR count). The molecule has 0 radical (unpaired) electrons. The Hall–Kier alpha value is -1.39. The highest BCUT2D eigenvalue weighted by atomic mass is 16.8. The molecule has 0 spiro atoms. The molecule has 13 nitrogen and oxygen atoms in total. The van der Waals surface area contributed by atoms with E-state index in [1.165, 1.54) is 56.9 Å². The Labute approximate surface area is 403 Å². The molecule has 22 unspecified atom stereocenters. The molecule has 6 fully saturated rings. The average Bonchev–Trinajstić information content (AvgIpc) is 3.59. The van der Waals surface area contributed by atoms with Crippen LogP contribution in [0.4, 0.5) is 4.79 Å². The third kappa shape index (κ3) is 11.6. The van der Waals surface area contributed by atoms with E-state index in [1.54, 1.807) is 6.92 Å². The first-order valence-corrected chi connectivity index (χ1v) is 27.1. The van der Waals surface area contributed by atoms with Crippen LogP contribution < -0.4 is 5.32 Å². The molecule has 386 valence electrons. The number of carbonyl (C=O) groups is 1. The first-order valence-electron chi connectivity index (χ1n) is 27.1. The van der Waals surface area contributed by atoms with Gasteiger partial charge in [-0.05, 0) is 124 Å². The molecular weight excluding hydrogens is 855 g/mol. The van der Waals surface area contributed by atoms with E-state index < -0.39 is 67.7 Å². The topological polar surface area (TPSA) is 175 Å². The molecule has 0 bridgehead atoms. The van der Waals surface area contributed by atoms with Crippen molar-refractivity contribution >= 4 is 6.09 Å². The van der Waals surface area contributed by atoms with Gasteiger partial charge < -0.3 is 58.9 Å². The molecule has 13 heteroatoms. The molecule has 22 atom stereocenters. The Morgan fingerprint density at radius 2 is 1.54 bits per heavy atom. The van der Waals surface area contributed by atoms with E-state index in [2.05, 4.69) is 46.0 Å². The van der Waals surface area contributed by atoms with Crippen LogP contribution in [0.15, 0.2) is 11.6 Å². The molecule has 3 saturated heterocycles. The molecule has 3 aliphatic heterocycles. The second-order valence-electron chi connectivity index (χ2n) is 23.4. The van der Waals surface area contributed by atoms with Crippen LogP contribution in [0.1, 0.15) is 172 Å². The maximum atomic E-state index is 13.3. The fraction of sp³-hybridized carbons (Fsp3) is 0.944. The fourth-order valence-electron chi connectivity index (χ4n) is 14.6. The zero-order chi connectivity index (χ0) is 48.4. The van der Waals surface area contributed by atoms with Gasteiger partial charge in [0.25, 0.3) is 0 Å². The maximum absolute atomic E-state index is 13.3. The van der Waals surface area contributed by atoms with Crippen molar-refractivity contribution in [3.63, 3.8) is 0 Å². The van der Waals surface area contributed by atoms with Crippen LogP contribution in [0.5, 0.6) is 0 Å². The minimum absolute atomic E-state index is 0.0593. The Morgan fingerprint density at radius 1 is 0.791 bits per heavy atom. The van der Waals surface area contributed by atoms with Gasteiger partial charge in [-0.25, -0.2) is 4.79 Å². The van der Waals surface area contributed by atoms with Gasteiger partial charge in [0.1, 0.15) is 30.5 Å². The van der Waals surface area contributed by atoms with E-state index in [0.717, 1.165) is 48.9 Å². The molecule has 7 aliphatic rings. The lowest BCUT2D eigenvalue weighted by Gasteiger charge is -2.58. The third-order valence-electron chi connectivity index (χ3n) is 18.8. The van der Waals surface area contributed by atoms with Crippen LogP contribution >= 0.6 is 0 Å². The minimum atomic E-state index is -1.54. The quantitative estimate of drug-likeness (QED) is 0.0694. The van der Waals surface area contributed by atoms with E-state index in [-0.39, 0.29) is 42.2 Å². The third-order valence-corrected chi connectivity index (χ3v) is 18.8. The number of alkyl carbamates (subject to hydrolysis) is 1. The van der Waals surface area contributed by atoms with E-state index in [0.29, 0.717) is 50.0 Å². The number of allylic oxidation sites excluding steroid dienone is 1. The molecule has 1 amide bonds. The highest BCUT2D eigenvalue weighted by Crippen LogP contribution is 2.67. The largest absolute Gasteiger partial charge is 0.446 e. The second kappa shape index (κ2) is 23.0. The number of amides is 1. The number of rotatable bonds is 17. The van der Waals surface area contributed by atoms with Crippen LogP contribution in [0.2, 0.25) is 0 Å². The van der Waals surface area contributed by atoms with Crippen LogP contribution in [0.25, 0.3) is 0 Å². The summed E-state index contributed by atoms with van der Waals surface area (Å²) >= 11 is 0. The summed E-state index contributed by atoms with van der Waals surface area (Å²) in [5.41, 5.74) is 2.15. The highest BCUT2D eigenvalue weighted by Gasteiger charge is 2.59. The van der Waals surface area contributed by atoms with Gasteiger partial charge in [0.2, 0.25) is 0 Å². The monoisotopic (exact) mass is 948 g/mol. The van der Waals surface area contributed by atoms with E-state index >= 15 is 0 Å². The Balaban J connectivity index is 0.925. The summed E-state index contributed by atoms with van der Waals surface area (Å²) in [7, 11) is 0. The fourth-order valence-corrected chi connectivity index (χ4v) is 14.6. The van der Waals surface area contributed by atoms with Crippen molar-refractivity contribution < 1.29 is 58.4 Å². The van der Waals surface area contributed by atoms with Crippen LogP contribution in [0, 0.1) is 58.2 Å². The minimum Gasteiger partial charge on any atom is -0.446 e. The Bertz CT molecular complexity index is 1620. The van der Waals surface area contributed by atoms with E-state index in [1.807, 2.05) is 27.7 Å². The zero-order valence-corrected chi connectivity index (χ0v) is 43.0. The molecule has 3 saturated carbocycles. The first-order chi connectivity index (χ1) is 31.9. The summed E-state index contributed by atoms with van der Waals surface area (Å²) in [6.07, 6.45) is 7.72. The van der Waals surface area contributed by atoms with Crippen molar-refractivity contribution in [3.8, 4) is 0 Å². The number of ether oxygens (including phenoxy) is 7. The molecule has 0 aromatic heterocycles. The standard InChI is InChI=1S/C54H93NO12/c1-11-42-32(6)41(56)21-22-44(64-42)66-48-33(7)43(12-2)65-51(49(48)67-50-47(59)46(58)45(57)34(8)62-50)61-28-14-27-55-52(60)63-36-23-25-53(9)35(29-36)17-18-37-39-20-19-38(31(5)16-13-15-30(3)4)54(39,10)26-24-40(37)53/h17,30-34,36-51,56-59H,11-16,18-29H2,1-10H3,(H,55,60). The number of nitrogens with one attached hydrogen (secondary N) is 1. The predicted octanol–water partition coefficient (Wildman–Crippen LogP) is 8.81. The van der Waals surface area contributed by atoms with Gasteiger partial charge in [0.15, 0.2) is 18.9 Å². The van der Waals surface area contributed by atoms with Gasteiger partial charge in [-0.1, -0.05) is 93.2 Å². The number of hydrogen-bond donors (Lipinski definition) is 5. The lowest BCUT2D eigenvalue weighted by molar-refractivity contribution is -0.372. The summed E-state index contributed by atoms with van der Waals surface area (Å²) in [6, 6.07) is 0. The van der Waals surface area contributed by atoms with Crippen LogP contribution in [0.3, 0.4) is 0 Å². The van der Waals surface area contributed by atoms with Gasteiger partial charge >= 0.3 is 6.09 Å². The van der Waals surface area contributed by atoms with E-state index in [9.17, 15) is 25.2 Å². The van der Waals surface area contributed by atoms with Crippen LogP contribution in [-0.2, 0) is 33.2 Å². The molecule has 67 heavy (non-hydrogen) atoms. The molecule has 3 heterocycles. The Morgan fingerprint density at radius 3 is 2.27 bits per heavy atom. The first kappa shape index (κ1) is 53.4. The van der Waals surface area contributed by atoms with Crippen molar-refractivity contribution in [2.24, 2.45) is 58.2 Å². The lowest BCUT2D eigenvalue weighted by atomic mass is 9.47. The Kier molecular flexibility index (Phi) is 18.3. The SMILES string of the molecule is CCC1OC(OC2C(C)C(CC)OC(OCCCNC(=O)OC3CCC4(C)C(=CCC5C4CCC4(C)C(C(C)CCCC(C)C)CCC54)C3)C2OC2OC(C)C(O)C(O)C2O)CCC(O)C1C. The van der Waals surface area contributed by atoms with Gasteiger partial charge in [0.05, 0.1) is 37.1 Å². The summed E-state index contributed by atoms with van der Waals surface area (Å²) < 4.78 is 44.7. The van der Waals surface area contributed by atoms with Crippen molar-refractivity contribution in [2.45, 2.75) is 252 Å². The summed E-state index contributed by atoms with van der Waals surface area (Å²) in [5.74, 6) is 4.48. The second-order valence-corrected chi connectivity index (χ2v) is 23.4. The number of fused-ring (bicyclic) bond motifs is 5. The number of aliphatic hydroxyl groups excluding tert-OH is 4. The normalized spacial score (nSPS) is 46.1. The van der Waals surface area contributed by atoms with Gasteiger partial charge in [-0.2, -0.15) is 0 Å². The smallest absolute Gasteiger partial charge is 0.407 e. The lowest BCUT2D eigenvalue weighted by Crippen LogP contribution is -2.62. The number of aliphatic hydroxyl groups is 4. The zero-order valence-electron chi connectivity index (χ0n) is 43.0. The number of hydrogen-bond acceptors (Lipinski definition) is 12. The van der Waals surface area contributed by atoms with Crippen molar-refractivity contribution in [1.82, 2.24) is 5.32 Å². The summed E-state index contributed by atoms with van der Waals surface area (Å²) in [6.45, 7) is 22.7. The molecule has 0 aromatic rings. The molecular formula is C54H93NO12. The van der Waals surface area contributed by atoms with Crippen molar-refractivity contribution in [1.29, 1.82) is 0 Å². The maximum Gasteiger partial charge on any atom is 0.407 e. The average molecular weight is 948 g/mol. The van der Waals surface area contributed by atoms with Gasteiger partial charge in [0, 0.05) is 31.2 Å². The predicted molar refractivity (Wildman–Crippen MR) is 255 cm³/mol.